The number of aliphatic hydroxyl groups excluding tert-OH is 1. The average Bonchev–Trinajstić information content (AvgIpc) is 0.680. The zero-order valence-electron chi connectivity index (χ0n) is 52.1. The summed E-state index contributed by atoms with van der Waals surface area (Å²) in [5.41, 5.74) is -4.88. The Balaban J connectivity index is 0.949. The summed E-state index contributed by atoms with van der Waals surface area (Å²) >= 11 is 0. The summed E-state index contributed by atoms with van der Waals surface area (Å²) in [5.74, 6) is -7.42. The lowest BCUT2D eigenvalue weighted by molar-refractivity contribution is -0.385. The Labute approximate surface area is 534 Å². The zero-order valence-corrected chi connectivity index (χ0v) is 52.1. The number of nitrogens with zero attached hydrogens (tertiary/aromatic N) is 4. The fraction of sp³-hybridized carbons (Fsp3) is 0.377. The number of carbonyl (C=O) groups is 8. The number of carbonyl (C=O) groups excluding carboxylic acids is 8. The van der Waals surface area contributed by atoms with Crippen molar-refractivity contribution in [1.82, 2.24) is 20.1 Å². The molecule has 1 aromatic heterocycles. The van der Waals surface area contributed by atoms with E-state index in [4.69, 9.17) is 33.2 Å². The number of aliphatic hydroxyl groups is 2. The second-order valence-electron chi connectivity index (χ2n) is 24.3. The van der Waals surface area contributed by atoms with E-state index < -0.39 is 137 Å². The summed E-state index contributed by atoms with van der Waals surface area (Å²) in [6.07, 6.45) is -10.9. The molecule has 0 aliphatic heterocycles. The molecule has 3 saturated carbocycles. The molecule has 4 aliphatic rings. The van der Waals surface area contributed by atoms with Crippen LogP contribution in [0, 0.1) is 27.4 Å². The average molecular weight is 1270 g/mol. The number of hydrogen-bond acceptors (Lipinski definition) is 20. The molecule has 12 atom stereocenters. The van der Waals surface area contributed by atoms with Crippen molar-refractivity contribution >= 4 is 64.3 Å². The van der Waals surface area contributed by atoms with Gasteiger partial charge in [-0.1, -0.05) is 72.8 Å². The molecule has 0 spiro atoms. The molecule has 0 saturated heterocycles. The fourth-order valence-corrected chi connectivity index (χ4v) is 13.3. The van der Waals surface area contributed by atoms with Gasteiger partial charge in [0, 0.05) is 83.0 Å². The number of nitro groups is 1. The van der Waals surface area contributed by atoms with Crippen LogP contribution in [0.2, 0.25) is 0 Å². The molecule has 6 aromatic rings. The Hall–Kier alpha value is -10.1. The highest BCUT2D eigenvalue weighted by Gasteiger charge is 2.75. The molecule has 24 heteroatoms. The van der Waals surface area contributed by atoms with Gasteiger partial charge in [-0.25, -0.2) is 19.2 Å². The van der Waals surface area contributed by atoms with Crippen LogP contribution in [0.5, 0.6) is 11.5 Å². The number of nitro benzene ring substituents is 1. The quantitative estimate of drug-likeness (QED) is 0.0223. The van der Waals surface area contributed by atoms with Gasteiger partial charge in [0.05, 0.1) is 33.4 Å². The van der Waals surface area contributed by atoms with Gasteiger partial charge in [-0.3, -0.25) is 34.3 Å². The molecule has 93 heavy (non-hydrogen) atoms. The number of aromatic nitrogens is 1. The predicted octanol–water partition coefficient (Wildman–Crippen LogP) is 9.27. The molecule has 3 fully saturated rings. The Morgan fingerprint density at radius 1 is 0.785 bits per heavy atom. The fourth-order valence-electron chi connectivity index (χ4n) is 13.3. The van der Waals surface area contributed by atoms with Crippen molar-refractivity contribution in [3.63, 3.8) is 0 Å². The molecule has 1 unspecified atom stereocenters. The number of amides is 3. The molecule has 5 aromatic carbocycles. The van der Waals surface area contributed by atoms with Crippen molar-refractivity contribution in [3.05, 3.63) is 189 Å². The van der Waals surface area contributed by atoms with Gasteiger partial charge in [0.25, 0.3) is 5.91 Å². The summed E-state index contributed by atoms with van der Waals surface area (Å²) in [5, 5.41) is 41.6. The molecule has 486 valence electrons. The second kappa shape index (κ2) is 27.0. The molecule has 0 radical (unpaired) electrons. The van der Waals surface area contributed by atoms with E-state index in [1.165, 1.54) is 77.3 Å². The minimum Gasteiger partial charge on any atom is -0.458 e. The molecule has 1 heterocycles. The highest BCUT2D eigenvalue weighted by Crippen LogP contribution is 2.65. The first-order valence-electron chi connectivity index (χ1n) is 30.3. The lowest BCUT2D eigenvalue weighted by Crippen LogP contribution is -2.76. The molecule has 10 rings (SSSR count). The Kier molecular flexibility index (Phi) is 19.1. The number of esters is 4. The van der Waals surface area contributed by atoms with Crippen LogP contribution >= 0.6 is 0 Å². The number of likely N-dealkylation sites (N-methyl/N-ethyl adjacent to an activating group) is 2. The van der Waals surface area contributed by atoms with Gasteiger partial charge in [0.1, 0.15) is 41.3 Å². The van der Waals surface area contributed by atoms with E-state index in [1.807, 2.05) is 6.07 Å². The number of Topliss-reactive ketones (excluding diaryl/α,β-unsaturated/α-hetero) is 1. The minimum absolute atomic E-state index is 0.0415. The molecule has 3 N–H and O–H groups in total. The number of nitrogens with one attached hydrogen (secondary N) is 1. The first kappa shape index (κ1) is 65.9. The van der Waals surface area contributed by atoms with E-state index in [2.05, 4.69) is 10.3 Å². The monoisotopic (exact) mass is 1270 g/mol. The van der Waals surface area contributed by atoms with E-state index in [1.54, 1.807) is 104 Å². The number of hydrogen-bond donors (Lipinski definition) is 3. The highest BCUT2D eigenvalue weighted by atomic mass is 16.6. The van der Waals surface area contributed by atoms with Crippen LogP contribution in [-0.4, -0.2) is 147 Å². The van der Waals surface area contributed by atoms with Gasteiger partial charge in [0.2, 0.25) is 11.9 Å². The van der Waals surface area contributed by atoms with E-state index in [-0.39, 0.29) is 65.2 Å². The summed E-state index contributed by atoms with van der Waals surface area (Å²) in [7, 11) is 2.72. The van der Waals surface area contributed by atoms with Crippen molar-refractivity contribution in [1.29, 1.82) is 0 Å². The first-order chi connectivity index (χ1) is 44.3. The molecule has 4 aliphatic carbocycles. The van der Waals surface area contributed by atoms with Crippen LogP contribution < -0.4 is 10.1 Å². The third-order valence-corrected chi connectivity index (χ3v) is 18.4. The SMILES string of the molecule is CC(=O)O[C@H]1C(=O)[C@@]2(C)[C@H]([C@H](OC(=O)c3ccccc3)[C@@]3(O)CC1=C(C)[C@@H](OC(=O)[C@H](OC(=O)N(C)CCN(C)C(=O)OC(C)c1ccc([N+](=O)[O-])c(Oc4ccc5ncccc5c4)c1)[C@@H](NC(=O)c1ccccc1)c1ccccc1)C3)[C@]1(OC(C)=O)CC[C@@H]1C[C@@H]2O. The van der Waals surface area contributed by atoms with Gasteiger partial charge in [-0.15, -0.1) is 0 Å². The maximum atomic E-state index is 15.7. The van der Waals surface area contributed by atoms with Crippen LogP contribution in [0.1, 0.15) is 111 Å². The van der Waals surface area contributed by atoms with E-state index in [9.17, 15) is 49.1 Å². The molecule has 3 amide bonds. The van der Waals surface area contributed by atoms with Gasteiger partial charge in [-0.2, -0.15) is 0 Å². The Morgan fingerprint density at radius 2 is 1.43 bits per heavy atom. The smallest absolute Gasteiger partial charge is 0.410 e. The van der Waals surface area contributed by atoms with Gasteiger partial charge in [-0.05, 0) is 123 Å². The predicted molar refractivity (Wildman–Crippen MR) is 331 cm³/mol. The van der Waals surface area contributed by atoms with E-state index >= 15 is 9.59 Å². The number of fused-ring (bicyclic) bond motifs is 6. The van der Waals surface area contributed by atoms with Crippen LogP contribution in [0.3, 0.4) is 0 Å². The topological polar surface area (TPSA) is 316 Å². The molecular formula is C69H71N5O19. The first-order valence-corrected chi connectivity index (χ1v) is 30.3. The molecular weight excluding hydrogens is 1200 g/mol. The second-order valence-corrected chi connectivity index (χ2v) is 24.3. The standard InChI is InChI=1S/C69H71N5O19/c1-39-50-37-68(84,61(92-63(80)45-22-15-10-16-23-45)59-67(5,60(78)57(50)88-41(3)75)55(77)36-48-29-30-69(48,59)93-42(4)76)38-54(39)90-64(81)58(56(43-18-11-8-12-19-43)71-62(79)44-20-13-9-14-21-44)91-66(83)73(7)33-32-72(6)65(82)87-40(2)46-25-28-52(74(85)86)53(35-46)89-49-26-27-51-47(34-49)24-17-31-70-51/h8-28,31,34-35,40,48,54-59,61,77,84H,29-30,32-33,36-38H2,1-7H3,(H,71,79)/t40?,48-,54+,55+,56+,57-,58-,59+,61+,67-,68-,69+/m1/s1. The van der Waals surface area contributed by atoms with Crippen molar-refractivity contribution in [2.45, 2.75) is 121 Å². The molecule has 2 bridgehead atoms. The van der Waals surface area contributed by atoms with Crippen molar-refractivity contribution < 1.29 is 86.7 Å². The van der Waals surface area contributed by atoms with E-state index in [0.29, 0.717) is 23.3 Å². The zero-order chi connectivity index (χ0) is 66.7. The third kappa shape index (κ3) is 13.5. The van der Waals surface area contributed by atoms with Crippen LogP contribution in [-0.2, 0) is 47.6 Å². The largest absolute Gasteiger partial charge is 0.458 e. The normalized spacial score (nSPS) is 24.6. The van der Waals surface area contributed by atoms with E-state index in [0.717, 1.165) is 22.1 Å². The van der Waals surface area contributed by atoms with Gasteiger partial charge in [0.15, 0.2) is 11.9 Å². The summed E-state index contributed by atoms with van der Waals surface area (Å²) in [6, 6.07) is 34.9. The lowest BCUT2D eigenvalue weighted by Gasteiger charge is -2.66. The van der Waals surface area contributed by atoms with Gasteiger partial charge >= 0.3 is 41.8 Å². The highest BCUT2D eigenvalue weighted by molar-refractivity contribution is 5.96. The molecule has 24 nitrogen and oxygen atoms in total. The number of rotatable bonds is 19. The van der Waals surface area contributed by atoms with Crippen molar-refractivity contribution in [2.75, 3.05) is 27.2 Å². The number of ether oxygens (including phenoxy) is 7. The Bertz CT molecular complexity index is 3910. The number of ketones is 1. The summed E-state index contributed by atoms with van der Waals surface area (Å²) in [6.45, 7) is 6.26. The summed E-state index contributed by atoms with van der Waals surface area (Å²) < 4.78 is 42.9. The van der Waals surface area contributed by atoms with Crippen molar-refractivity contribution in [2.24, 2.45) is 17.3 Å². The van der Waals surface area contributed by atoms with Crippen LogP contribution in [0.25, 0.3) is 10.9 Å². The Morgan fingerprint density at radius 3 is 2.05 bits per heavy atom. The third-order valence-electron chi connectivity index (χ3n) is 18.4. The number of benzene rings is 5. The maximum absolute atomic E-state index is 15.7. The maximum Gasteiger partial charge on any atom is 0.410 e. The van der Waals surface area contributed by atoms with Crippen LogP contribution in [0.4, 0.5) is 15.3 Å². The van der Waals surface area contributed by atoms with Gasteiger partial charge < -0.3 is 58.5 Å². The lowest BCUT2D eigenvalue weighted by atomic mass is 9.43. The number of pyridine rings is 1. The summed E-state index contributed by atoms with van der Waals surface area (Å²) in [4.78, 5) is 133. The van der Waals surface area contributed by atoms with Crippen molar-refractivity contribution in [3.8, 4) is 11.5 Å². The minimum atomic E-state index is -2.40. The van der Waals surface area contributed by atoms with Crippen LogP contribution in [0.15, 0.2) is 157 Å².